The third kappa shape index (κ3) is 6.83. The van der Waals surface area contributed by atoms with Crippen molar-refractivity contribution in [3.05, 3.63) is 116 Å². The van der Waals surface area contributed by atoms with Crippen molar-refractivity contribution in [2.24, 2.45) is 0 Å². The number of aryl methyl sites for hydroxylation is 2. The lowest BCUT2D eigenvalue weighted by Crippen LogP contribution is -2.28. The fourth-order valence-corrected chi connectivity index (χ4v) is 6.07. The number of ether oxygens (including phenoxy) is 1. The quantitative estimate of drug-likeness (QED) is 0.195. The van der Waals surface area contributed by atoms with Crippen molar-refractivity contribution in [3.63, 3.8) is 0 Å². The number of aliphatic hydroxyl groups excluding tert-OH is 1. The fraction of sp³-hybridized carbons (Fsp3) is 0.333. The minimum absolute atomic E-state index is 0.0621. The number of rotatable bonds is 10. The van der Waals surface area contributed by atoms with Gasteiger partial charge in [-0.15, -0.1) is 0 Å². The molecule has 0 saturated heterocycles. The Morgan fingerprint density at radius 3 is 2.33 bits per heavy atom. The monoisotopic (exact) mass is 606 g/mol. The molecular formula is C36H38N4O5. The van der Waals surface area contributed by atoms with Gasteiger partial charge < -0.3 is 9.84 Å². The molecule has 9 nitrogen and oxygen atoms in total. The minimum Gasteiger partial charge on any atom is -0.490 e. The molecule has 3 aromatic carbocycles. The average Bonchev–Trinajstić information content (AvgIpc) is 3.49. The van der Waals surface area contributed by atoms with Crippen molar-refractivity contribution < 1.29 is 14.4 Å². The summed E-state index contributed by atoms with van der Waals surface area (Å²) < 4.78 is 12.6. The normalized spacial score (nSPS) is 16.5. The number of aliphatic hydroxyl groups is 1. The maximum Gasteiger partial charge on any atom is 0.439 e. The number of hydrogen-bond acceptors (Lipinski definition) is 7. The molecule has 0 bridgehead atoms. The lowest BCUT2D eigenvalue weighted by atomic mass is 9.95. The first-order valence-electron chi connectivity index (χ1n) is 15.7. The number of benzene rings is 3. The van der Waals surface area contributed by atoms with Crippen LogP contribution in [0.5, 0.6) is 5.75 Å². The van der Waals surface area contributed by atoms with Crippen LogP contribution >= 0.6 is 0 Å². The minimum atomic E-state index is -0.600. The number of nitrogens with zero attached hydrogens (tertiary/aromatic N) is 3. The van der Waals surface area contributed by atoms with Crippen LogP contribution in [0.3, 0.4) is 0 Å². The molecule has 0 atom stereocenters. The lowest BCUT2D eigenvalue weighted by Gasteiger charge is -2.26. The highest BCUT2D eigenvalue weighted by Gasteiger charge is 2.21. The predicted octanol–water partition coefficient (Wildman–Crippen LogP) is 6.17. The van der Waals surface area contributed by atoms with Gasteiger partial charge in [0.15, 0.2) is 5.82 Å². The highest BCUT2D eigenvalue weighted by atomic mass is 16.5. The zero-order valence-electron chi connectivity index (χ0n) is 25.7. The molecule has 5 aromatic rings. The lowest BCUT2D eigenvalue weighted by molar-refractivity contribution is 0.0666. The molecule has 0 unspecified atom stereocenters. The first kappa shape index (κ1) is 30.3. The van der Waals surface area contributed by atoms with Gasteiger partial charge in [0.1, 0.15) is 11.6 Å². The van der Waals surface area contributed by atoms with Crippen LogP contribution in [-0.2, 0) is 12.8 Å². The Balaban J connectivity index is 1.28. The van der Waals surface area contributed by atoms with E-state index in [9.17, 15) is 14.7 Å². The molecule has 1 aliphatic carbocycles. The van der Waals surface area contributed by atoms with Crippen LogP contribution in [0.15, 0.2) is 86.9 Å². The van der Waals surface area contributed by atoms with Crippen molar-refractivity contribution in [1.29, 1.82) is 0 Å². The molecule has 6 rings (SSSR count). The summed E-state index contributed by atoms with van der Waals surface area (Å²) in [5.74, 6) is 1.19. The molecule has 0 spiro atoms. The molecule has 2 N–H and O–H groups in total. The van der Waals surface area contributed by atoms with Crippen LogP contribution in [0.25, 0.3) is 28.2 Å². The molecule has 45 heavy (non-hydrogen) atoms. The van der Waals surface area contributed by atoms with E-state index in [0.29, 0.717) is 23.6 Å². The molecule has 0 amide bonds. The summed E-state index contributed by atoms with van der Waals surface area (Å²) >= 11 is 0. The maximum atomic E-state index is 14.1. The molecule has 9 heteroatoms. The first-order chi connectivity index (χ1) is 21.9. The fourth-order valence-electron chi connectivity index (χ4n) is 6.07. The Morgan fingerprint density at radius 2 is 1.67 bits per heavy atom. The summed E-state index contributed by atoms with van der Waals surface area (Å²) in [7, 11) is 0. The molecule has 0 radical (unpaired) electrons. The summed E-state index contributed by atoms with van der Waals surface area (Å²) in [6, 6.07) is 23.4. The Bertz CT molecular complexity index is 1860. The second-order valence-electron chi connectivity index (χ2n) is 11.7. The summed E-state index contributed by atoms with van der Waals surface area (Å²) in [5.41, 5.74) is 5.85. The van der Waals surface area contributed by atoms with Crippen molar-refractivity contribution in [3.8, 4) is 34.0 Å². The van der Waals surface area contributed by atoms with Gasteiger partial charge in [0, 0.05) is 17.5 Å². The molecule has 0 aliphatic heterocycles. The zero-order chi connectivity index (χ0) is 31.3. The largest absolute Gasteiger partial charge is 0.490 e. The first-order valence-corrected chi connectivity index (χ1v) is 15.7. The van der Waals surface area contributed by atoms with E-state index in [0.717, 1.165) is 84.3 Å². The Labute approximate surface area is 261 Å². The molecule has 1 saturated carbocycles. The zero-order valence-corrected chi connectivity index (χ0v) is 25.7. The van der Waals surface area contributed by atoms with Crippen molar-refractivity contribution in [2.45, 2.75) is 77.4 Å². The Hall–Kier alpha value is -4.76. The van der Waals surface area contributed by atoms with E-state index in [2.05, 4.69) is 17.1 Å². The second kappa shape index (κ2) is 13.5. The SMILES string of the molecule is CCCCc1nc(C)n(-c2ccc(OC3CCC(O)CC3)cc2)c(=O)c1Cc1ccc(-c2ccccc2-c2noc(=O)[nH]2)cc1. The van der Waals surface area contributed by atoms with E-state index in [1.54, 1.807) is 4.57 Å². The molecule has 1 fully saturated rings. The van der Waals surface area contributed by atoms with Crippen LogP contribution in [0.4, 0.5) is 0 Å². The van der Waals surface area contributed by atoms with E-state index >= 15 is 0 Å². The van der Waals surface area contributed by atoms with Gasteiger partial charge in [0.2, 0.25) is 0 Å². The van der Waals surface area contributed by atoms with E-state index in [4.69, 9.17) is 14.2 Å². The third-order valence-corrected chi connectivity index (χ3v) is 8.51. The number of hydrogen-bond donors (Lipinski definition) is 2. The second-order valence-corrected chi connectivity index (χ2v) is 11.7. The Morgan fingerprint density at radius 1 is 0.956 bits per heavy atom. The van der Waals surface area contributed by atoms with Gasteiger partial charge in [-0.1, -0.05) is 67.0 Å². The van der Waals surface area contributed by atoms with Crippen LogP contribution in [0.1, 0.15) is 68.1 Å². The Kier molecular flexibility index (Phi) is 9.07. The van der Waals surface area contributed by atoms with E-state index < -0.39 is 5.76 Å². The number of aromatic amines is 1. The van der Waals surface area contributed by atoms with Gasteiger partial charge in [-0.2, -0.15) is 0 Å². The van der Waals surface area contributed by atoms with Gasteiger partial charge in [0.05, 0.1) is 23.6 Å². The standard InChI is InChI=1S/C36H38N4O5/c1-3-4-9-33-32(22-24-10-12-25(13-11-24)30-7-5-6-8-31(30)34-38-36(43)45-39-34)35(42)40(23(2)37-33)26-14-18-28(19-15-26)44-29-20-16-27(41)17-21-29/h5-8,10-15,18-19,27,29,41H,3-4,9,16-17,20-22H2,1-2H3,(H,38,39,43). The summed E-state index contributed by atoms with van der Waals surface area (Å²) in [6.07, 6.45) is 6.23. The third-order valence-electron chi connectivity index (χ3n) is 8.51. The van der Waals surface area contributed by atoms with Gasteiger partial charge in [-0.05, 0) is 86.4 Å². The number of unbranched alkanes of at least 4 members (excludes halogenated alkanes) is 1. The van der Waals surface area contributed by atoms with Crippen LogP contribution in [-0.4, -0.2) is 37.0 Å². The predicted molar refractivity (Wildman–Crippen MR) is 173 cm³/mol. The molecule has 1 aliphatic rings. The van der Waals surface area contributed by atoms with Gasteiger partial charge in [-0.3, -0.25) is 18.9 Å². The average molecular weight is 607 g/mol. The summed E-state index contributed by atoms with van der Waals surface area (Å²) in [6.45, 7) is 4.02. The van der Waals surface area contributed by atoms with E-state index in [-0.39, 0.29) is 17.8 Å². The van der Waals surface area contributed by atoms with Crippen LogP contribution in [0, 0.1) is 6.92 Å². The highest BCUT2D eigenvalue weighted by Crippen LogP contribution is 2.30. The number of aromatic nitrogens is 4. The maximum absolute atomic E-state index is 14.1. The highest BCUT2D eigenvalue weighted by molar-refractivity contribution is 5.80. The molecule has 2 aromatic heterocycles. The number of nitrogens with one attached hydrogen (secondary N) is 1. The van der Waals surface area contributed by atoms with Crippen LogP contribution in [0.2, 0.25) is 0 Å². The summed E-state index contributed by atoms with van der Waals surface area (Å²) in [4.78, 5) is 33.3. The van der Waals surface area contributed by atoms with Crippen molar-refractivity contribution in [1.82, 2.24) is 19.7 Å². The molecular weight excluding hydrogens is 568 g/mol. The van der Waals surface area contributed by atoms with Gasteiger partial charge in [0.25, 0.3) is 5.56 Å². The van der Waals surface area contributed by atoms with Crippen molar-refractivity contribution >= 4 is 0 Å². The number of H-pyrrole nitrogens is 1. The van der Waals surface area contributed by atoms with Crippen LogP contribution < -0.4 is 16.1 Å². The molecule has 2 heterocycles. The molecule has 232 valence electrons. The van der Waals surface area contributed by atoms with E-state index in [1.807, 2.05) is 79.7 Å². The topological polar surface area (TPSA) is 123 Å². The van der Waals surface area contributed by atoms with Crippen molar-refractivity contribution in [2.75, 3.05) is 0 Å². The van der Waals surface area contributed by atoms with Gasteiger partial charge >= 0.3 is 5.76 Å². The van der Waals surface area contributed by atoms with E-state index in [1.165, 1.54) is 0 Å². The summed E-state index contributed by atoms with van der Waals surface area (Å²) in [5, 5.41) is 13.7. The smallest absolute Gasteiger partial charge is 0.439 e. The van der Waals surface area contributed by atoms with Gasteiger partial charge in [-0.25, -0.2) is 9.78 Å².